The number of nitrogens with zero attached hydrogens (tertiary/aromatic N) is 2. The van der Waals surface area contributed by atoms with Gasteiger partial charge >= 0.3 is 5.69 Å². The average molecular weight is 610 g/mol. The molecule has 43 heavy (non-hydrogen) atoms. The molecule has 0 saturated heterocycles. The molecule has 242 valence electrons. The Balaban J connectivity index is 2.45. The first-order chi connectivity index (χ1) is 20.4. The van der Waals surface area contributed by atoms with E-state index in [9.17, 15) is 28.8 Å². The Morgan fingerprint density at radius 3 is 2.33 bits per heavy atom. The SMILES string of the molecule is CCC(=O)CNC(=O)[C@H](CCCCN(C)C)NC(=O)[C@@H](NC(=O)COCCOCCNC(=O)c1cnc(=O)[nH]c1)C(C)C. The lowest BCUT2D eigenvalue weighted by molar-refractivity contribution is -0.135. The lowest BCUT2D eigenvalue weighted by Gasteiger charge is -2.25. The maximum atomic E-state index is 13.1. The summed E-state index contributed by atoms with van der Waals surface area (Å²) in [7, 11) is 3.91. The Morgan fingerprint density at radius 2 is 1.70 bits per heavy atom. The lowest BCUT2D eigenvalue weighted by Crippen LogP contribution is -2.56. The van der Waals surface area contributed by atoms with Gasteiger partial charge in [0.05, 0.1) is 31.9 Å². The first-order valence-corrected chi connectivity index (χ1v) is 14.5. The first kappa shape index (κ1) is 37.3. The highest BCUT2D eigenvalue weighted by molar-refractivity contribution is 5.94. The number of Topliss-reactive ketones (excluding diaryl/α,β-unsaturated/α-hetero) is 1. The third kappa shape index (κ3) is 16.5. The molecule has 0 bridgehead atoms. The third-order valence-electron chi connectivity index (χ3n) is 6.17. The highest BCUT2D eigenvalue weighted by Gasteiger charge is 2.28. The van der Waals surface area contributed by atoms with Crippen molar-refractivity contribution in [1.82, 2.24) is 36.1 Å². The fourth-order valence-electron chi connectivity index (χ4n) is 3.68. The van der Waals surface area contributed by atoms with Crippen LogP contribution in [0.5, 0.6) is 0 Å². The van der Waals surface area contributed by atoms with E-state index in [0.717, 1.165) is 13.0 Å². The zero-order valence-electron chi connectivity index (χ0n) is 25.8. The van der Waals surface area contributed by atoms with E-state index >= 15 is 0 Å². The quantitative estimate of drug-likeness (QED) is 0.101. The van der Waals surface area contributed by atoms with Gasteiger partial charge in [-0.15, -0.1) is 0 Å². The van der Waals surface area contributed by atoms with Crippen molar-refractivity contribution in [2.24, 2.45) is 5.92 Å². The summed E-state index contributed by atoms with van der Waals surface area (Å²) >= 11 is 0. The van der Waals surface area contributed by atoms with Gasteiger partial charge in [-0.3, -0.25) is 24.0 Å². The van der Waals surface area contributed by atoms with Gasteiger partial charge in [0.2, 0.25) is 17.7 Å². The molecule has 1 aromatic rings. The molecule has 15 nitrogen and oxygen atoms in total. The zero-order valence-corrected chi connectivity index (χ0v) is 25.8. The fraction of sp³-hybridized carbons (Fsp3) is 0.679. The molecule has 1 heterocycles. The number of hydrogen-bond donors (Lipinski definition) is 5. The second-order valence-electron chi connectivity index (χ2n) is 10.5. The molecular formula is C28H47N7O8. The van der Waals surface area contributed by atoms with Crippen LogP contribution in [0.1, 0.15) is 56.8 Å². The summed E-state index contributed by atoms with van der Waals surface area (Å²) < 4.78 is 10.7. The lowest BCUT2D eigenvalue weighted by atomic mass is 10.0. The summed E-state index contributed by atoms with van der Waals surface area (Å²) in [5.74, 6) is -2.24. The molecule has 15 heteroatoms. The number of carbonyl (C=O) groups excluding carboxylic acids is 5. The van der Waals surface area contributed by atoms with E-state index in [4.69, 9.17) is 9.47 Å². The minimum absolute atomic E-state index is 0.103. The number of aromatic amines is 1. The molecule has 2 atom stereocenters. The van der Waals surface area contributed by atoms with Crippen LogP contribution in [0, 0.1) is 5.92 Å². The van der Waals surface area contributed by atoms with Crippen LogP contribution in [0.25, 0.3) is 0 Å². The molecule has 0 fully saturated rings. The summed E-state index contributed by atoms with van der Waals surface area (Å²) in [6, 6.07) is -1.74. The summed E-state index contributed by atoms with van der Waals surface area (Å²) in [4.78, 5) is 80.7. The minimum atomic E-state index is -0.900. The van der Waals surface area contributed by atoms with Crippen LogP contribution in [0.15, 0.2) is 17.2 Å². The second kappa shape index (κ2) is 21.1. The first-order valence-electron chi connectivity index (χ1n) is 14.5. The predicted molar refractivity (Wildman–Crippen MR) is 158 cm³/mol. The van der Waals surface area contributed by atoms with Crippen molar-refractivity contribution in [2.45, 2.75) is 58.5 Å². The third-order valence-corrected chi connectivity index (χ3v) is 6.17. The Morgan fingerprint density at radius 1 is 0.977 bits per heavy atom. The molecule has 0 radical (unpaired) electrons. The van der Waals surface area contributed by atoms with Crippen molar-refractivity contribution in [2.75, 3.05) is 60.2 Å². The average Bonchev–Trinajstić information content (AvgIpc) is 2.97. The minimum Gasteiger partial charge on any atom is -0.377 e. The number of unbranched alkanes of at least 4 members (excludes halogenated alkanes) is 1. The topological polar surface area (TPSA) is 201 Å². The van der Waals surface area contributed by atoms with Gasteiger partial charge in [-0.2, -0.15) is 0 Å². The molecule has 0 aliphatic carbocycles. The molecule has 0 aliphatic rings. The van der Waals surface area contributed by atoms with Crippen LogP contribution in [0.4, 0.5) is 0 Å². The monoisotopic (exact) mass is 609 g/mol. The Labute approximate surface area is 252 Å². The molecule has 5 N–H and O–H groups in total. The van der Waals surface area contributed by atoms with Gasteiger partial charge in [-0.1, -0.05) is 20.8 Å². The molecule has 0 spiro atoms. The largest absolute Gasteiger partial charge is 0.377 e. The van der Waals surface area contributed by atoms with E-state index in [0.29, 0.717) is 19.3 Å². The number of H-pyrrole nitrogens is 1. The number of carbonyl (C=O) groups is 5. The fourth-order valence-corrected chi connectivity index (χ4v) is 3.68. The van der Waals surface area contributed by atoms with Crippen LogP contribution in [0.3, 0.4) is 0 Å². The standard InChI is InChI=1S/C28H47N7O8/c1-6-21(36)17-30-26(39)22(9-7-8-11-35(4)5)33-27(40)24(19(2)3)34-23(37)18-43-14-13-42-12-10-29-25(38)20-15-31-28(41)32-16-20/h15-16,19,22,24H,6-14,17-18H2,1-5H3,(H,29,38)(H,30,39)(H,33,40)(H,34,37)(H,31,32,41)/t22-,24-/m0/s1. The van der Waals surface area contributed by atoms with Crippen LogP contribution in [0.2, 0.25) is 0 Å². The smallest absolute Gasteiger partial charge is 0.344 e. The van der Waals surface area contributed by atoms with Crippen molar-refractivity contribution >= 4 is 29.4 Å². The van der Waals surface area contributed by atoms with Crippen LogP contribution >= 0.6 is 0 Å². The van der Waals surface area contributed by atoms with Gasteiger partial charge in [0.1, 0.15) is 18.7 Å². The van der Waals surface area contributed by atoms with E-state index in [1.54, 1.807) is 20.8 Å². The highest BCUT2D eigenvalue weighted by atomic mass is 16.5. The van der Waals surface area contributed by atoms with Gasteiger partial charge in [-0.25, -0.2) is 9.78 Å². The van der Waals surface area contributed by atoms with Crippen molar-refractivity contribution in [1.29, 1.82) is 0 Å². The maximum absolute atomic E-state index is 13.1. The van der Waals surface area contributed by atoms with Crippen molar-refractivity contribution in [3.8, 4) is 0 Å². The van der Waals surface area contributed by atoms with Gasteiger partial charge in [0, 0.05) is 25.4 Å². The maximum Gasteiger partial charge on any atom is 0.344 e. The van der Waals surface area contributed by atoms with E-state index in [-0.39, 0.29) is 56.8 Å². The Hall–Kier alpha value is -3.69. The van der Waals surface area contributed by atoms with Crippen molar-refractivity contribution in [3.05, 3.63) is 28.4 Å². The van der Waals surface area contributed by atoms with E-state index in [2.05, 4.69) is 31.2 Å². The molecule has 1 rings (SSSR count). The van der Waals surface area contributed by atoms with E-state index in [1.807, 2.05) is 19.0 Å². The summed E-state index contributed by atoms with van der Waals surface area (Å²) in [6.45, 7) is 6.38. The molecule has 0 unspecified atom stereocenters. The van der Waals surface area contributed by atoms with Crippen LogP contribution in [-0.2, 0) is 28.7 Å². The number of nitrogens with one attached hydrogen (secondary N) is 5. The van der Waals surface area contributed by atoms with Gasteiger partial charge in [0.15, 0.2) is 5.78 Å². The summed E-state index contributed by atoms with van der Waals surface area (Å²) in [5.41, 5.74) is -0.335. The summed E-state index contributed by atoms with van der Waals surface area (Å²) in [6.07, 6.45) is 4.63. The van der Waals surface area contributed by atoms with Gasteiger partial charge in [-0.05, 0) is 45.8 Å². The zero-order chi connectivity index (χ0) is 32.2. The molecule has 0 aliphatic heterocycles. The Bertz CT molecular complexity index is 1070. The van der Waals surface area contributed by atoms with E-state index < -0.39 is 41.4 Å². The number of rotatable bonds is 22. The molecule has 1 aromatic heterocycles. The molecule has 0 saturated carbocycles. The Kier molecular flexibility index (Phi) is 18.3. The summed E-state index contributed by atoms with van der Waals surface area (Å²) in [5, 5.41) is 10.6. The van der Waals surface area contributed by atoms with Crippen molar-refractivity contribution in [3.63, 3.8) is 0 Å². The normalized spacial score (nSPS) is 12.4. The van der Waals surface area contributed by atoms with Crippen LogP contribution < -0.4 is 27.0 Å². The molecule has 0 aromatic carbocycles. The number of ketones is 1. The second-order valence-corrected chi connectivity index (χ2v) is 10.5. The number of ether oxygens (including phenoxy) is 2. The number of hydrogen-bond acceptors (Lipinski definition) is 10. The van der Waals surface area contributed by atoms with Gasteiger partial charge in [0.25, 0.3) is 5.91 Å². The molecular weight excluding hydrogens is 562 g/mol. The van der Waals surface area contributed by atoms with Crippen LogP contribution in [-0.4, -0.2) is 117 Å². The number of aromatic nitrogens is 2. The van der Waals surface area contributed by atoms with Gasteiger partial charge < -0.3 is 40.6 Å². The highest BCUT2D eigenvalue weighted by Crippen LogP contribution is 2.07. The predicted octanol–water partition coefficient (Wildman–Crippen LogP) is -1.01. The van der Waals surface area contributed by atoms with Crippen molar-refractivity contribution < 1.29 is 33.4 Å². The molecule has 4 amide bonds. The van der Waals surface area contributed by atoms with E-state index in [1.165, 1.54) is 12.4 Å². The number of amides is 4.